The second-order valence-corrected chi connectivity index (χ2v) is 8.77. The summed E-state index contributed by atoms with van der Waals surface area (Å²) in [7, 11) is 0. The summed E-state index contributed by atoms with van der Waals surface area (Å²) in [5.74, 6) is -5.52. The van der Waals surface area contributed by atoms with Crippen LogP contribution in [0.2, 0.25) is 0 Å². The highest BCUT2D eigenvalue weighted by Crippen LogP contribution is 2.12. The van der Waals surface area contributed by atoms with Crippen LogP contribution in [0.4, 0.5) is 0 Å². The summed E-state index contributed by atoms with van der Waals surface area (Å²) in [6.07, 6.45) is -2.03. The van der Waals surface area contributed by atoms with Gasteiger partial charge in [-0.2, -0.15) is 0 Å². The topological polar surface area (TPSA) is 228 Å². The fourth-order valence-corrected chi connectivity index (χ4v) is 3.18. The number of carbonyl (C=O) groups excluding carboxylic acids is 3. The largest absolute Gasteiger partial charge is 0.508 e. The molecule has 13 nitrogen and oxygen atoms in total. The number of aromatic hydroxyl groups is 1. The normalized spacial score (nSPS) is 15.2. The molecule has 5 atom stereocenters. The Kier molecular flexibility index (Phi) is 11.8. The molecule has 3 amide bonds. The zero-order valence-corrected chi connectivity index (χ0v) is 20.3. The molecule has 1 rings (SSSR count). The average molecular weight is 511 g/mol. The molecule has 0 saturated heterocycles. The van der Waals surface area contributed by atoms with Gasteiger partial charge < -0.3 is 42.1 Å². The molecule has 1 aromatic rings. The van der Waals surface area contributed by atoms with Gasteiger partial charge in [0.1, 0.15) is 23.9 Å². The Morgan fingerprint density at radius 1 is 0.861 bits per heavy atom. The van der Waals surface area contributed by atoms with Gasteiger partial charge in [0.05, 0.1) is 12.1 Å². The number of carboxylic acids is 2. The van der Waals surface area contributed by atoms with E-state index in [2.05, 4.69) is 16.0 Å². The van der Waals surface area contributed by atoms with E-state index in [-0.39, 0.29) is 25.0 Å². The first-order chi connectivity index (χ1) is 16.7. The maximum Gasteiger partial charge on any atom is 0.326 e. The van der Waals surface area contributed by atoms with E-state index in [9.17, 15) is 39.3 Å². The number of rotatable bonds is 14. The standard InChI is InChI=1S/C23H34N4O9/c1-11(2)18(26-20(32)15(24)8-9-17(30)31)21(33)27-19(12(3)28)22(34)25-16(23(35)36)10-13-4-6-14(29)7-5-13/h4-7,11-12,15-16,18-19,28-29H,8-10,24H2,1-3H3,(H,25,34)(H,26,32)(H,27,33)(H,30,31)(H,35,36). The van der Waals surface area contributed by atoms with Gasteiger partial charge in [-0.1, -0.05) is 26.0 Å². The third-order valence-corrected chi connectivity index (χ3v) is 5.31. The van der Waals surface area contributed by atoms with Crippen LogP contribution in [-0.4, -0.2) is 80.4 Å². The second-order valence-electron chi connectivity index (χ2n) is 8.77. The predicted octanol–water partition coefficient (Wildman–Crippen LogP) is -1.30. The molecule has 0 radical (unpaired) electrons. The molecule has 0 saturated carbocycles. The van der Waals surface area contributed by atoms with Gasteiger partial charge in [-0.25, -0.2) is 4.79 Å². The number of aliphatic carboxylic acids is 2. The lowest BCUT2D eigenvalue weighted by atomic mass is 10.0. The number of carboxylic acid groups (broad SMARTS) is 2. The molecule has 36 heavy (non-hydrogen) atoms. The number of nitrogens with two attached hydrogens (primary N) is 1. The highest BCUT2D eigenvalue weighted by Gasteiger charge is 2.33. The number of carbonyl (C=O) groups is 5. The van der Waals surface area contributed by atoms with Crippen LogP contribution >= 0.6 is 0 Å². The first kappa shape index (κ1) is 30.3. The predicted molar refractivity (Wildman–Crippen MR) is 127 cm³/mol. The molecular formula is C23H34N4O9. The van der Waals surface area contributed by atoms with Gasteiger partial charge in [0.25, 0.3) is 0 Å². The fraction of sp³-hybridized carbons (Fsp3) is 0.522. The van der Waals surface area contributed by atoms with Crippen molar-refractivity contribution in [3.8, 4) is 5.75 Å². The molecule has 0 bridgehead atoms. The van der Waals surface area contributed by atoms with Crippen LogP contribution < -0.4 is 21.7 Å². The van der Waals surface area contributed by atoms with Gasteiger partial charge in [-0.05, 0) is 37.0 Å². The smallest absolute Gasteiger partial charge is 0.326 e. The average Bonchev–Trinajstić information content (AvgIpc) is 2.79. The number of phenols is 1. The quantitative estimate of drug-likeness (QED) is 0.147. The third kappa shape index (κ3) is 9.88. The maximum atomic E-state index is 12.9. The molecule has 0 spiro atoms. The van der Waals surface area contributed by atoms with E-state index >= 15 is 0 Å². The third-order valence-electron chi connectivity index (χ3n) is 5.31. The van der Waals surface area contributed by atoms with E-state index in [1.807, 2.05) is 0 Å². The van der Waals surface area contributed by atoms with Gasteiger partial charge in [0, 0.05) is 12.8 Å². The van der Waals surface area contributed by atoms with Crippen LogP contribution in [0.3, 0.4) is 0 Å². The minimum absolute atomic E-state index is 0.0128. The van der Waals surface area contributed by atoms with Crippen LogP contribution in [0.5, 0.6) is 5.75 Å². The van der Waals surface area contributed by atoms with Gasteiger partial charge in [-0.15, -0.1) is 0 Å². The van der Waals surface area contributed by atoms with Crippen molar-refractivity contribution in [3.05, 3.63) is 29.8 Å². The Morgan fingerprint density at radius 2 is 1.39 bits per heavy atom. The van der Waals surface area contributed by atoms with E-state index in [0.717, 1.165) is 0 Å². The molecular weight excluding hydrogens is 476 g/mol. The van der Waals surface area contributed by atoms with Gasteiger partial charge >= 0.3 is 11.9 Å². The van der Waals surface area contributed by atoms with Crippen molar-refractivity contribution in [1.82, 2.24) is 16.0 Å². The molecule has 9 N–H and O–H groups in total. The number of hydrogen-bond acceptors (Lipinski definition) is 8. The van der Waals surface area contributed by atoms with Gasteiger partial charge in [0.2, 0.25) is 17.7 Å². The van der Waals surface area contributed by atoms with E-state index in [1.165, 1.54) is 31.2 Å². The second kappa shape index (κ2) is 14.0. The number of phenolic OH excluding ortho intramolecular Hbond substituents is 1. The lowest BCUT2D eigenvalue weighted by Crippen LogP contribution is -2.61. The highest BCUT2D eigenvalue weighted by atomic mass is 16.4. The van der Waals surface area contributed by atoms with E-state index in [0.29, 0.717) is 5.56 Å². The Hall–Kier alpha value is -3.71. The van der Waals surface area contributed by atoms with Crippen LogP contribution in [0.25, 0.3) is 0 Å². The number of amides is 3. The SMILES string of the molecule is CC(C)C(NC(=O)C(N)CCC(=O)O)C(=O)NC(C(=O)NC(Cc1ccc(O)cc1)C(=O)O)C(C)O. The number of aliphatic hydroxyl groups excluding tert-OH is 1. The first-order valence-electron chi connectivity index (χ1n) is 11.3. The van der Waals surface area contributed by atoms with Crippen LogP contribution in [-0.2, 0) is 30.4 Å². The summed E-state index contributed by atoms with van der Waals surface area (Å²) in [5.41, 5.74) is 6.20. The zero-order valence-electron chi connectivity index (χ0n) is 20.3. The summed E-state index contributed by atoms with van der Waals surface area (Å²) >= 11 is 0. The van der Waals surface area contributed by atoms with Crippen LogP contribution in [0.15, 0.2) is 24.3 Å². The molecule has 0 aliphatic carbocycles. The number of nitrogens with one attached hydrogen (secondary N) is 3. The van der Waals surface area contributed by atoms with Gasteiger partial charge in [-0.3, -0.25) is 19.2 Å². The molecule has 5 unspecified atom stereocenters. The van der Waals surface area contributed by atoms with Crippen LogP contribution in [0.1, 0.15) is 39.2 Å². The summed E-state index contributed by atoms with van der Waals surface area (Å²) < 4.78 is 0. The van der Waals surface area contributed by atoms with Crippen molar-refractivity contribution in [2.45, 2.75) is 70.3 Å². The van der Waals surface area contributed by atoms with E-state index < -0.39 is 65.8 Å². The van der Waals surface area contributed by atoms with Crippen molar-refractivity contribution in [3.63, 3.8) is 0 Å². The molecule has 0 aliphatic heterocycles. The van der Waals surface area contributed by atoms with Gasteiger partial charge in [0.15, 0.2) is 0 Å². The van der Waals surface area contributed by atoms with Crippen LogP contribution in [0, 0.1) is 5.92 Å². The number of aliphatic hydroxyl groups is 1. The Balaban J connectivity index is 2.92. The minimum Gasteiger partial charge on any atom is -0.508 e. The summed E-state index contributed by atoms with van der Waals surface area (Å²) in [6, 6.07) is 0.416. The summed E-state index contributed by atoms with van der Waals surface area (Å²) in [5, 5.41) is 44.8. The highest BCUT2D eigenvalue weighted by molar-refractivity contribution is 5.94. The Bertz CT molecular complexity index is 934. The fourth-order valence-electron chi connectivity index (χ4n) is 3.18. The molecule has 0 heterocycles. The van der Waals surface area contributed by atoms with Crippen molar-refractivity contribution < 1.29 is 44.4 Å². The lowest BCUT2D eigenvalue weighted by molar-refractivity contribution is -0.143. The minimum atomic E-state index is -1.54. The number of hydrogen-bond donors (Lipinski definition) is 8. The van der Waals surface area contributed by atoms with Crippen molar-refractivity contribution in [2.24, 2.45) is 11.7 Å². The molecule has 13 heteroatoms. The first-order valence-corrected chi connectivity index (χ1v) is 11.3. The molecule has 200 valence electrons. The lowest BCUT2D eigenvalue weighted by Gasteiger charge is -2.28. The van der Waals surface area contributed by atoms with Crippen molar-refractivity contribution in [2.75, 3.05) is 0 Å². The van der Waals surface area contributed by atoms with E-state index in [4.69, 9.17) is 10.8 Å². The van der Waals surface area contributed by atoms with E-state index in [1.54, 1.807) is 13.8 Å². The monoisotopic (exact) mass is 510 g/mol. The molecule has 0 aliphatic rings. The van der Waals surface area contributed by atoms with Crippen molar-refractivity contribution >= 4 is 29.7 Å². The Labute approximate surface area is 208 Å². The zero-order chi connectivity index (χ0) is 27.6. The molecule has 0 fully saturated rings. The molecule has 0 aromatic heterocycles. The Morgan fingerprint density at radius 3 is 1.86 bits per heavy atom. The maximum absolute atomic E-state index is 12.9. The number of benzene rings is 1. The summed E-state index contributed by atoms with van der Waals surface area (Å²) in [4.78, 5) is 60.4. The van der Waals surface area contributed by atoms with Crippen molar-refractivity contribution in [1.29, 1.82) is 0 Å². The molecule has 1 aromatic carbocycles. The summed E-state index contributed by atoms with van der Waals surface area (Å²) in [6.45, 7) is 4.46.